The molecule has 0 heterocycles. The molecule has 0 aliphatic heterocycles. The Hall–Kier alpha value is -0.243. The van der Waals surface area contributed by atoms with Crippen LogP contribution in [0.15, 0.2) is 11.6 Å². The van der Waals surface area contributed by atoms with Gasteiger partial charge in [-0.15, -0.1) is 0 Å². The van der Waals surface area contributed by atoms with E-state index in [9.17, 15) is 5.11 Å². The highest BCUT2D eigenvalue weighted by molar-refractivity contribution is 6.74. The van der Waals surface area contributed by atoms with E-state index in [1.807, 2.05) is 13.0 Å². The van der Waals surface area contributed by atoms with E-state index < -0.39 is 8.32 Å². The van der Waals surface area contributed by atoms with Crippen molar-refractivity contribution in [1.82, 2.24) is 0 Å². The number of ether oxygens (including phenoxy) is 3. The summed E-state index contributed by atoms with van der Waals surface area (Å²) in [6.07, 6.45) is 4.30. The van der Waals surface area contributed by atoms with Crippen molar-refractivity contribution < 1.29 is 23.7 Å². The highest BCUT2D eigenvalue weighted by atomic mass is 28.4. The molecule has 0 aromatic rings. The van der Waals surface area contributed by atoms with Gasteiger partial charge in [0.15, 0.2) is 14.6 Å². The predicted octanol–water partition coefficient (Wildman–Crippen LogP) is 4.76. The molecule has 0 amide bonds. The molecule has 27 heavy (non-hydrogen) atoms. The van der Waals surface area contributed by atoms with Gasteiger partial charge in [-0.05, 0) is 43.5 Å². The Kier molecular flexibility index (Phi) is 12.2. The lowest BCUT2D eigenvalue weighted by molar-refractivity contribution is -0.135. The van der Waals surface area contributed by atoms with Crippen molar-refractivity contribution in [1.29, 1.82) is 0 Å². The molecular formula is C21H44O5Si. The van der Waals surface area contributed by atoms with Gasteiger partial charge < -0.3 is 23.7 Å². The summed E-state index contributed by atoms with van der Waals surface area (Å²) >= 11 is 0. The molecule has 0 spiro atoms. The fraction of sp³-hybridized carbons (Fsp3) is 0.905. The highest BCUT2D eigenvalue weighted by Gasteiger charge is 2.39. The lowest BCUT2D eigenvalue weighted by Crippen LogP contribution is -2.45. The van der Waals surface area contributed by atoms with E-state index in [0.717, 1.165) is 24.8 Å². The molecule has 0 radical (unpaired) electrons. The number of methoxy groups -OCH3 is 3. The maximum Gasteiger partial charge on any atom is 0.192 e. The molecule has 5 nitrogen and oxygen atoms in total. The minimum Gasteiger partial charge on any atom is -0.414 e. The molecular weight excluding hydrogens is 360 g/mol. The van der Waals surface area contributed by atoms with Crippen LogP contribution >= 0.6 is 0 Å². The maximum absolute atomic E-state index is 9.22. The Labute approximate surface area is 168 Å². The van der Waals surface area contributed by atoms with Crippen molar-refractivity contribution >= 4 is 8.32 Å². The van der Waals surface area contributed by atoms with Gasteiger partial charge in [-0.25, -0.2) is 0 Å². The molecule has 0 saturated carbocycles. The third-order valence-electron chi connectivity index (χ3n) is 5.82. The first-order chi connectivity index (χ1) is 12.4. The number of hydrogen-bond acceptors (Lipinski definition) is 5. The number of hydrogen-bond donors (Lipinski definition) is 1. The van der Waals surface area contributed by atoms with Crippen LogP contribution in [0.5, 0.6) is 0 Å². The predicted molar refractivity (Wildman–Crippen MR) is 115 cm³/mol. The molecule has 0 fully saturated rings. The van der Waals surface area contributed by atoms with Crippen LogP contribution in [-0.4, -0.2) is 59.9 Å². The van der Waals surface area contributed by atoms with Gasteiger partial charge in [-0.1, -0.05) is 33.8 Å². The van der Waals surface area contributed by atoms with E-state index in [1.54, 1.807) is 21.3 Å². The molecule has 6 heteroatoms. The van der Waals surface area contributed by atoms with Crippen LogP contribution in [0.2, 0.25) is 18.1 Å². The van der Waals surface area contributed by atoms with Crippen LogP contribution in [0.1, 0.15) is 53.9 Å². The van der Waals surface area contributed by atoms with E-state index in [1.165, 1.54) is 0 Å². The van der Waals surface area contributed by atoms with Crippen LogP contribution in [0.3, 0.4) is 0 Å². The molecule has 0 saturated heterocycles. The summed E-state index contributed by atoms with van der Waals surface area (Å²) in [7, 11) is 3.17. The molecule has 0 aliphatic carbocycles. The normalized spacial score (nSPS) is 17.3. The topological polar surface area (TPSA) is 57.2 Å². The average molecular weight is 405 g/mol. The van der Waals surface area contributed by atoms with E-state index in [4.69, 9.17) is 18.6 Å². The van der Waals surface area contributed by atoms with E-state index in [0.29, 0.717) is 0 Å². The van der Waals surface area contributed by atoms with Gasteiger partial charge >= 0.3 is 0 Å². The second kappa shape index (κ2) is 12.3. The lowest BCUT2D eigenvalue weighted by Gasteiger charge is -2.40. The largest absolute Gasteiger partial charge is 0.414 e. The summed E-state index contributed by atoms with van der Waals surface area (Å²) in [4.78, 5) is 0. The monoisotopic (exact) mass is 404 g/mol. The number of rotatable bonds is 13. The average Bonchev–Trinajstić information content (AvgIpc) is 2.57. The zero-order valence-electron chi connectivity index (χ0n) is 19.3. The fourth-order valence-electron chi connectivity index (χ4n) is 2.95. The van der Waals surface area contributed by atoms with Crippen molar-refractivity contribution in [2.24, 2.45) is 5.92 Å². The van der Waals surface area contributed by atoms with Crippen molar-refractivity contribution in [3.63, 3.8) is 0 Å². The van der Waals surface area contributed by atoms with Gasteiger partial charge in [-0.2, -0.15) is 0 Å². The van der Waals surface area contributed by atoms with Crippen molar-refractivity contribution in [3.05, 3.63) is 11.6 Å². The SMILES string of the molecule is COC(OC)[C@H](C)CC[C@@H](C[C@H](OC)/C(C)=C/CO)O[Si](C)(C)C(C)(C)C. The van der Waals surface area contributed by atoms with Crippen molar-refractivity contribution in [2.45, 2.75) is 90.5 Å². The third kappa shape index (κ3) is 9.20. The highest BCUT2D eigenvalue weighted by Crippen LogP contribution is 2.38. The number of aliphatic hydroxyl groups excluding tert-OH is 1. The minimum absolute atomic E-state index is 0.0276. The quantitative estimate of drug-likeness (QED) is 0.272. The minimum atomic E-state index is -1.90. The molecule has 1 N–H and O–H groups in total. The first-order valence-corrected chi connectivity index (χ1v) is 12.9. The fourth-order valence-corrected chi connectivity index (χ4v) is 4.35. The van der Waals surface area contributed by atoms with Gasteiger partial charge in [0.2, 0.25) is 0 Å². The van der Waals surface area contributed by atoms with Crippen molar-refractivity contribution in [3.8, 4) is 0 Å². The van der Waals surface area contributed by atoms with Crippen LogP contribution in [0.25, 0.3) is 0 Å². The first-order valence-electron chi connectivity index (χ1n) is 9.97. The maximum atomic E-state index is 9.22. The van der Waals surface area contributed by atoms with Gasteiger partial charge in [0.25, 0.3) is 0 Å². The Balaban J connectivity index is 5.28. The Bertz CT molecular complexity index is 427. The molecule has 0 aliphatic rings. The van der Waals surface area contributed by atoms with E-state index in [2.05, 4.69) is 40.8 Å². The van der Waals surface area contributed by atoms with Gasteiger partial charge in [0, 0.05) is 39.8 Å². The van der Waals surface area contributed by atoms with Crippen LogP contribution in [0, 0.1) is 5.92 Å². The molecule has 162 valence electrons. The number of aliphatic hydroxyl groups is 1. The van der Waals surface area contributed by atoms with Crippen LogP contribution < -0.4 is 0 Å². The molecule has 0 aromatic heterocycles. The Morgan fingerprint density at radius 1 is 1.04 bits per heavy atom. The van der Waals surface area contributed by atoms with E-state index in [-0.39, 0.29) is 36.1 Å². The van der Waals surface area contributed by atoms with Crippen LogP contribution in [-0.2, 0) is 18.6 Å². The summed E-state index contributed by atoms with van der Waals surface area (Å²) in [5.41, 5.74) is 1.04. The molecule has 0 rings (SSSR count). The standard InChI is InChI=1S/C21H44O5Si/c1-16(13-14-22)19(23-6)15-18(26-27(9,10)21(3,4)5)12-11-17(2)20(24-7)25-8/h13,17-20,22H,11-12,14-15H2,1-10H3/b16-13+/t17-,18+,19+/m1/s1. The smallest absolute Gasteiger partial charge is 0.192 e. The summed E-state index contributed by atoms with van der Waals surface area (Å²) < 4.78 is 23.3. The van der Waals surface area contributed by atoms with Gasteiger partial charge in [-0.3, -0.25) is 0 Å². The lowest BCUT2D eigenvalue weighted by atomic mass is 9.97. The van der Waals surface area contributed by atoms with Crippen LogP contribution in [0.4, 0.5) is 0 Å². The van der Waals surface area contributed by atoms with Crippen molar-refractivity contribution in [2.75, 3.05) is 27.9 Å². The zero-order valence-corrected chi connectivity index (χ0v) is 20.3. The summed E-state index contributed by atoms with van der Waals surface area (Å²) in [6.45, 7) is 15.5. The third-order valence-corrected chi connectivity index (χ3v) is 10.4. The summed E-state index contributed by atoms with van der Waals surface area (Å²) in [5, 5.41) is 9.37. The molecule has 0 unspecified atom stereocenters. The zero-order chi connectivity index (χ0) is 21.3. The van der Waals surface area contributed by atoms with E-state index >= 15 is 0 Å². The summed E-state index contributed by atoms with van der Waals surface area (Å²) in [5.74, 6) is 0.278. The molecule has 0 bridgehead atoms. The Morgan fingerprint density at radius 2 is 1.59 bits per heavy atom. The van der Waals surface area contributed by atoms with Gasteiger partial charge in [0.1, 0.15) is 0 Å². The first kappa shape index (κ1) is 26.8. The molecule has 3 atom stereocenters. The second-order valence-corrected chi connectivity index (χ2v) is 13.7. The summed E-state index contributed by atoms with van der Waals surface area (Å²) in [6, 6.07) is 0. The Morgan fingerprint density at radius 3 is 2.00 bits per heavy atom. The second-order valence-electron chi connectivity index (χ2n) is 8.99. The van der Waals surface area contributed by atoms with Gasteiger partial charge in [0.05, 0.1) is 12.7 Å². The molecule has 0 aromatic carbocycles.